The molecule has 24 heavy (non-hydrogen) atoms. The van der Waals surface area contributed by atoms with Gasteiger partial charge >= 0.3 is 5.97 Å². The van der Waals surface area contributed by atoms with Crippen molar-refractivity contribution in [3.05, 3.63) is 16.0 Å². The molecule has 0 radical (unpaired) electrons. The highest BCUT2D eigenvalue weighted by molar-refractivity contribution is 7.80. The van der Waals surface area contributed by atoms with Gasteiger partial charge in [0.15, 0.2) is 5.11 Å². The van der Waals surface area contributed by atoms with E-state index in [1.807, 2.05) is 0 Å². The zero-order chi connectivity index (χ0) is 17.7. The van der Waals surface area contributed by atoms with Gasteiger partial charge in [-0.15, -0.1) is 11.3 Å². The second-order valence-electron chi connectivity index (χ2n) is 6.46. The van der Waals surface area contributed by atoms with Crippen molar-refractivity contribution >= 4 is 39.6 Å². The number of nitrogens with zero attached hydrogens (tertiary/aromatic N) is 1. The molecule has 134 valence electrons. The number of ether oxygens (including phenoxy) is 1. The third kappa shape index (κ3) is 4.28. The molecule has 0 bridgehead atoms. The molecule has 1 aromatic heterocycles. The van der Waals surface area contributed by atoms with E-state index < -0.39 is 0 Å². The van der Waals surface area contributed by atoms with E-state index in [0.29, 0.717) is 16.6 Å². The van der Waals surface area contributed by atoms with Gasteiger partial charge in [0.05, 0.1) is 12.7 Å². The highest BCUT2D eigenvalue weighted by atomic mass is 32.1. The van der Waals surface area contributed by atoms with Crippen LogP contribution in [-0.2, 0) is 17.6 Å². The van der Waals surface area contributed by atoms with Crippen LogP contribution in [0.4, 0.5) is 5.00 Å². The Morgan fingerprint density at radius 2 is 2.04 bits per heavy atom. The van der Waals surface area contributed by atoms with Gasteiger partial charge in [0.1, 0.15) is 5.00 Å². The largest absolute Gasteiger partial charge is 0.465 e. The molecule has 0 fully saturated rings. The number of carbonyl (C=O) groups is 1. The monoisotopic (exact) mass is 368 g/mol. The maximum atomic E-state index is 12.3. The number of fused-ring (bicyclic) bond motifs is 1. The summed E-state index contributed by atoms with van der Waals surface area (Å²) >= 11 is 7.27. The van der Waals surface area contributed by atoms with Crippen molar-refractivity contribution < 1.29 is 9.53 Å². The van der Waals surface area contributed by atoms with E-state index in [1.165, 1.54) is 12.0 Å². The quantitative estimate of drug-likeness (QED) is 0.592. The number of anilines is 1. The Bertz CT molecular complexity index is 592. The topological polar surface area (TPSA) is 41.6 Å². The molecule has 0 saturated heterocycles. The fourth-order valence-electron chi connectivity index (χ4n) is 3.19. The minimum absolute atomic E-state index is 0.259. The lowest BCUT2D eigenvalue weighted by Crippen LogP contribution is -2.36. The van der Waals surface area contributed by atoms with E-state index >= 15 is 0 Å². The Labute approximate surface area is 154 Å². The first-order valence-electron chi connectivity index (χ1n) is 8.80. The second kappa shape index (κ2) is 8.81. The molecule has 6 heteroatoms. The molecule has 0 aliphatic heterocycles. The lowest BCUT2D eigenvalue weighted by molar-refractivity contribution is 0.0601. The van der Waals surface area contributed by atoms with E-state index in [9.17, 15) is 4.79 Å². The van der Waals surface area contributed by atoms with Crippen LogP contribution in [0.25, 0.3) is 0 Å². The van der Waals surface area contributed by atoms with Gasteiger partial charge < -0.3 is 15.0 Å². The van der Waals surface area contributed by atoms with Gasteiger partial charge in [-0.2, -0.15) is 0 Å². The summed E-state index contributed by atoms with van der Waals surface area (Å²) in [6.07, 6.45) is 5.19. The molecule has 1 atom stereocenters. The number of esters is 1. The van der Waals surface area contributed by atoms with E-state index in [-0.39, 0.29) is 5.97 Å². The number of thiocarbonyl (C=S) groups is 1. The van der Waals surface area contributed by atoms with Gasteiger partial charge in [0.2, 0.25) is 0 Å². The van der Waals surface area contributed by atoms with E-state index in [2.05, 4.69) is 31.0 Å². The predicted octanol–water partition coefficient (Wildman–Crippen LogP) is 4.48. The Hall–Kier alpha value is -1.14. The molecule has 4 nitrogen and oxygen atoms in total. The molecular weight excluding hydrogens is 340 g/mol. The number of carbonyl (C=O) groups excluding carboxylic acids is 1. The molecule has 1 aliphatic carbocycles. The predicted molar refractivity (Wildman–Crippen MR) is 105 cm³/mol. The highest BCUT2D eigenvalue weighted by Crippen LogP contribution is 2.40. The van der Waals surface area contributed by atoms with Crippen LogP contribution in [0.1, 0.15) is 60.8 Å². The first-order chi connectivity index (χ1) is 11.5. The average Bonchev–Trinajstić information content (AvgIpc) is 2.90. The zero-order valence-electron chi connectivity index (χ0n) is 15.1. The molecule has 0 saturated carbocycles. The van der Waals surface area contributed by atoms with Crippen molar-refractivity contribution in [2.45, 2.75) is 52.9 Å². The summed E-state index contributed by atoms with van der Waals surface area (Å²) in [5.74, 6) is 0.406. The number of hydrogen-bond donors (Lipinski definition) is 1. The summed E-state index contributed by atoms with van der Waals surface area (Å²) in [4.78, 5) is 15.8. The number of thiophene rings is 1. The van der Waals surface area contributed by atoms with Crippen LogP contribution in [0, 0.1) is 5.92 Å². The maximum absolute atomic E-state index is 12.3. The fraction of sp³-hybridized carbons (Fsp3) is 0.667. The van der Waals surface area contributed by atoms with Crippen molar-refractivity contribution in [2.24, 2.45) is 5.92 Å². The lowest BCUT2D eigenvalue weighted by atomic mass is 9.88. The zero-order valence-corrected chi connectivity index (χ0v) is 16.7. The molecule has 0 spiro atoms. The van der Waals surface area contributed by atoms with E-state index in [1.54, 1.807) is 11.3 Å². The van der Waals surface area contributed by atoms with Crippen molar-refractivity contribution in [3.63, 3.8) is 0 Å². The lowest BCUT2D eigenvalue weighted by Gasteiger charge is -2.24. The summed E-state index contributed by atoms with van der Waals surface area (Å²) in [6.45, 7) is 8.42. The van der Waals surface area contributed by atoms with Crippen molar-refractivity contribution in [3.8, 4) is 0 Å². The molecule has 1 aromatic rings. The van der Waals surface area contributed by atoms with Crippen LogP contribution in [0.3, 0.4) is 0 Å². The molecule has 2 rings (SSSR count). The van der Waals surface area contributed by atoms with Gasteiger partial charge in [-0.1, -0.05) is 20.8 Å². The molecular formula is C18H28N2O2S2. The highest BCUT2D eigenvalue weighted by Gasteiger charge is 2.28. The van der Waals surface area contributed by atoms with Gasteiger partial charge in [-0.3, -0.25) is 0 Å². The summed E-state index contributed by atoms with van der Waals surface area (Å²) in [5.41, 5.74) is 1.85. The third-order valence-electron chi connectivity index (χ3n) is 4.40. The fourth-order valence-corrected chi connectivity index (χ4v) is 4.93. The van der Waals surface area contributed by atoms with Crippen LogP contribution in [0.15, 0.2) is 0 Å². The number of rotatable bonds is 6. The van der Waals surface area contributed by atoms with Crippen molar-refractivity contribution in [2.75, 3.05) is 25.5 Å². The van der Waals surface area contributed by atoms with Crippen LogP contribution in [0.5, 0.6) is 0 Å². The number of hydrogen-bond acceptors (Lipinski definition) is 4. The number of nitrogens with one attached hydrogen (secondary N) is 1. The SMILES string of the molecule is CCCN(CCC)C(=S)Nc1sc2c(c1C(=O)OC)CCC(C)C2. The Balaban J connectivity index is 2.28. The molecule has 1 aliphatic rings. The Kier molecular flexibility index (Phi) is 7.04. The van der Waals surface area contributed by atoms with Gasteiger partial charge in [-0.05, 0) is 55.8 Å². The maximum Gasteiger partial charge on any atom is 0.341 e. The Morgan fingerprint density at radius 3 is 2.62 bits per heavy atom. The first kappa shape index (κ1) is 19.2. The number of methoxy groups -OCH3 is 1. The van der Waals surface area contributed by atoms with Gasteiger partial charge in [0, 0.05) is 18.0 Å². The smallest absolute Gasteiger partial charge is 0.341 e. The molecule has 1 unspecified atom stereocenters. The van der Waals surface area contributed by atoms with Crippen molar-refractivity contribution in [1.29, 1.82) is 0 Å². The van der Waals surface area contributed by atoms with E-state index in [4.69, 9.17) is 17.0 Å². The summed E-state index contributed by atoms with van der Waals surface area (Å²) in [7, 11) is 1.44. The third-order valence-corrected chi connectivity index (χ3v) is 5.93. The van der Waals surface area contributed by atoms with Gasteiger partial charge in [0.25, 0.3) is 0 Å². The minimum Gasteiger partial charge on any atom is -0.465 e. The van der Waals surface area contributed by atoms with Crippen molar-refractivity contribution in [1.82, 2.24) is 4.90 Å². The van der Waals surface area contributed by atoms with Crippen LogP contribution in [-0.4, -0.2) is 36.2 Å². The summed E-state index contributed by atoms with van der Waals surface area (Å²) < 4.78 is 5.04. The second-order valence-corrected chi connectivity index (χ2v) is 7.96. The van der Waals surface area contributed by atoms with E-state index in [0.717, 1.165) is 55.8 Å². The first-order valence-corrected chi connectivity index (χ1v) is 10.0. The Morgan fingerprint density at radius 1 is 1.38 bits per heavy atom. The van der Waals surface area contributed by atoms with Crippen LogP contribution in [0.2, 0.25) is 0 Å². The molecule has 1 N–H and O–H groups in total. The van der Waals surface area contributed by atoms with Crippen LogP contribution < -0.4 is 5.32 Å². The summed E-state index contributed by atoms with van der Waals surface area (Å²) in [6, 6.07) is 0. The molecule has 0 aromatic carbocycles. The normalized spacial score (nSPS) is 16.4. The molecule has 1 heterocycles. The average molecular weight is 369 g/mol. The minimum atomic E-state index is -0.259. The standard InChI is InChI=1S/C18H28N2O2S2/c1-5-9-20(10-6-2)18(23)19-16-15(17(21)22-4)13-8-7-12(3)11-14(13)24-16/h12H,5-11H2,1-4H3,(H,19,23). The molecule has 0 amide bonds. The van der Waals surface area contributed by atoms with Gasteiger partial charge in [-0.25, -0.2) is 4.79 Å². The summed E-state index contributed by atoms with van der Waals surface area (Å²) in [5, 5.41) is 4.90. The van der Waals surface area contributed by atoms with Crippen LogP contribution >= 0.6 is 23.6 Å².